The molecule has 1 fully saturated rings. The number of hydrogen-bond acceptors (Lipinski definition) is 4. The number of para-hydroxylation sites is 2. The monoisotopic (exact) mass is 601 g/mol. The third-order valence-corrected chi connectivity index (χ3v) is 9.46. The molecule has 3 aromatic carbocycles. The summed E-state index contributed by atoms with van der Waals surface area (Å²) in [6.45, 7) is 5.86. The molecule has 1 amide bonds. The molecule has 7 heteroatoms. The molecule has 6 rings (SSSR count). The van der Waals surface area contributed by atoms with Crippen LogP contribution >= 0.6 is 23.2 Å². The predicted molar refractivity (Wildman–Crippen MR) is 171 cm³/mol. The topological polar surface area (TPSA) is 52.7 Å². The van der Waals surface area contributed by atoms with Gasteiger partial charge in [0.15, 0.2) is 5.78 Å². The summed E-state index contributed by atoms with van der Waals surface area (Å²) in [5.74, 6) is 0.707. The van der Waals surface area contributed by atoms with Crippen LogP contribution in [0.2, 0.25) is 10.0 Å². The van der Waals surface area contributed by atoms with Crippen LogP contribution in [0.4, 0.5) is 11.4 Å². The van der Waals surface area contributed by atoms with E-state index in [0.29, 0.717) is 28.0 Å². The second-order valence-electron chi connectivity index (χ2n) is 12.7. The third-order valence-electron chi connectivity index (χ3n) is 8.90. The maximum Gasteiger partial charge on any atom is 0.242 e. The van der Waals surface area contributed by atoms with E-state index in [1.165, 1.54) is 5.56 Å². The highest BCUT2D eigenvalue weighted by Gasteiger charge is 2.43. The number of nitrogens with one attached hydrogen (secondary N) is 1. The molecule has 1 unspecified atom stereocenters. The van der Waals surface area contributed by atoms with Crippen LogP contribution < -0.4 is 10.2 Å². The maximum atomic E-state index is 14.0. The molecule has 0 radical (unpaired) electrons. The summed E-state index contributed by atoms with van der Waals surface area (Å²) >= 11 is 13.2. The fraction of sp³-hybridized carbons (Fsp3) is 0.371. The molecule has 2 heterocycles. The van der Waals surface area contributed by atoms with Gasteiger partial charge in [-0.05, 0) is 72.4 Å². The minimum Gasteiger partial charge on any atom is -0.357 e. The zero-order chi connectivity index (χ0) is 29.4. The Bertz CT molecular complexity index is 1530. The Morgan fingerprint density at radius 2 is 1.67 bits per heavy atom. The lowest BCUT2D eigenvalue weighted by atomic mass is 9.73. The fourth-order valence-corrected chi connectivity index (χ4v) is 7.37. The van der Waals surface area contributed by atoms with Crippen molar-refractivity contribution in [3.05, 3.63) is 105 Å². The Labute approximate surface area is 258 Å². The molecule has 42 heavy (non-hydrogen) atoms. The first kappa shape index (κ1) is 28.8. The number of fused-ring (bicyclic) bond motifs is 1. The van der Waals surface area contributed by atoms with Crippen molar-refractivity contribution in [1.82, 2.24) is 4.90 Å². The van der Waals surface area contributed by atoms with Crippen molar-refractivity contribution in [1.29, 1.82) is 0 Å². The number of hydrogen-bond donors (Lipinski definition) is 1. The van der Waals surface area contributed by atoms with E-state index in [9.17, 15) is 9.59 Å². The van der Waals surface area contributed by atoms with Gasteiger partial charge in [0.1, 0.15) is 0 Å². The summed E-state index contributed by atoms with van der Waals surface area (Å²) < 4.78 is 0. The quantitative estimate of drug-likeness (QED) is 0.321. The lowest BCUT2D eigenvalue weighted by Crippen LogP contribution is -2.46. The molecular formula is C35H37Cl2N3O2. The first-order chi connectivity index (χ1) is 20.2. The van der Waals surface area contributed by atoms with E-state index in [1.807, 2.05) is 47.4 Å². The second kappa shape index (κ2) is 11.8. The van der Waals surface area contributed by atoms with Gasteiger partial charge in [-0.15, -0.1) is 0 Å². The van der Waals surface area contributed by atoms with Crippen molar-refractivity contribution >= 4 is 46.3 Å². The molecule has 3 aliphatic rings. The third kappa shape index (κ3) is 5.95. The van der Waals surface area contributed by atoms with Crippen molar-refractivity contribution in [2.45, 2.75) is 52.0 Å². The molecule has 0 aromatic heterocycles. The number of allylic oxidation sites excluding steroid dienone is 1. The number of ketones is 1. The standard InChI is InChI=1S/C35H37Cl2N3O2/c1-35(2)20-29-33(31(41)21-35)34(26-13-12-25(36)19-27(26)37)40(30-11-7-6-10-28(30)38-29)22-32(42)39-16-14-24(15-17-39)18-23-8-4-3-5-9-23/h3-13,19,24,34,38H,14-18,20-22H2,1-2H3. The second-order valence-corrected chi connectivity index (χ2v) is 13.5. The predicted octanol–water partition coefficient (Wildman–Crippen LogP) is 8.09. The number of rotatable bonds is 5. The molecular weight excluding hydrogens is 565 g/mol. The van der Waals surface area contributed by atoms with Gasteiger partial charge >= 0.3 is 0 Å². The molecule has 1 saturated heterocycles. The lowest BCUT2D eigenvalue weighted by Gasteiger charge is -2.39. The Morgan fingerprint density at radius 3 is 2.40 bits per heavy atom. The summed E-state index contributed by atoms with van der Waals surface area (Å²) in [4.78, 5) is 32.0. The number of likely N-dealkylation sites (tertiary alicyclic amines) is 1. The number of carbonyl (C=O) groups is 2. The van der Waals surface area contributed by atoms with E-state index in [2.05, 4.69) is 48.3 Å². The number of amides is 1. The number of nitrogens with zero attached hydrogens (tertiary/aromatic N) is 2. The summed E-state index contributed by atoms with van der Waals surface area (Å²) in [6, 6.07) is 23.5. The molecule has 0 bridgehead atoms. The van der Waals surface area contributed by atoms with E-state index in [4.69, 9.17) is 23.2 Å². The van der Waals surface area contributed by atoms with E-state index >= 15 is 0 Å². The van der Waals surface area contributed by atoms with Gasteiger partial charge in [-0.1, -0.05) is 85.6 Å². The zero-order valence-corrected chi connectivity index (χ0v) is 25.7. The van der Waals surface area contributed by atoms with Crippen molar-refractivity contribution in [2.24, 2.45) is 11.3 Å². The Hall–Kier alpha value is -3.28. The molecule has 1 atom stereocenters. The van der Waals surface area contributed by atoms with Gasteiger partial charge in [-0.25, -0.2) is 0 Å². The van der Waals surface area contributed by atoms with Crippen LogP contribution in [0, 0.1) is 11.3 Å². The van der Waals surface area contributed by atoms with Gasteiger partial charge in [0, 0.05) is 40.8 Å². The Morgan fingerprint density at radius 1 is 0.952 bits per heavy atom. The van der Waals surface area contributed by atoms with Gasteiger partial charge in [-0.3, -0.25) is 9.59 Å². The van der Waals surface area contributed by atoms with Gasteiger partial charge < -0.3 is 15.1 Å². The number of benzene rings is 3. The number of halogens is 2. The van der Waals surface area contributed by atoms with Crippen molar-refractivity contribution < 1.29 is 9.59 Å². The molecule has 1 N–H and O–H groups in total. The highest BCUT2D eigenvalue weighted by Crippen LogP contribution is 2.49. The smallest absolute Gasteiger partial charge is 0.242 e. The van der Waals surface area contributed by atoms with Crippen LogP contribution in [0.1, 0.15) is 56.7 Å². The molecule has 0 spiro atoms. The zero-order valence-electron chi connectivity index (χ0n) is 24.2. The van der Waals surface area contributed by atoms with Crippen LogP contribution in [-0.4, -0.2) is 36.2 Å². The summed E-state index contributed by atoms with van der Waals surface area (Å²) in [6.07, 6.45) is 4.16. The van der Waals surface area contributed by atoms with Crippen LogP contribution in [0.25, 0.3) is 0 Å². The van der Waals surface area contributed by atoms with Crippen molar-refractivity contribution in [3.8, 4) is 0 Å². The molecule has 1 aliphatic carbocycles. The Kier molecular flexibility index (Phi) is 8.08. The van der Waals surface area contributed by atoms with Crippen LogP contribution in [0.3, 0.4) is 0 Å². The molecule has 3 aromatic rings. The number of Topliss-reactive ketones (excluding diaryl/α,β-unsaturated/α-hetero) is 1. The van der Waals surface area contributed by atoms with E-state index in [1.54, 1.807) is 6.07 Å². The summed E-state index contributed by atoms with van der Waals surface area (Å²) in [5.41, 5.74) is 5.29. The minimum absolute atomic E-state index is 0.0608. The van der Waals surface area contributed by atoms with Crippen molar-refractivity contribution in [3.63, 3.8) is 0 Å². The maximum absolute atomic E-state index is 14.0. The van der Waals surface area contributed by atoms with Gasteiger partial charge in [0.05, 0.1) is 24.0 Å². The van der Waals surface area contributed by atoms with E-state index in [0.717, 1.165) is 61.4 Å². The van der Waals surface area contributed by atoms with E-state index < -0.39 is 6.04 Å². The van der Waals surface area contributed by atoms with Gasteiger partial charge in [0.2, 0.25) is 5.91 Å². The number of anilines is 2. The fourth-order valence-electron chi connectivity index (χ4n) is 6.85. The average molecular weight is 603 g/mol. The molecule has 0 saturated carbocycles. The summed E-state index contributed by atoms with van der Waals surface area (Å²) in [5, 5.41) is 4.62. The summed E-state index contributed by atoms with van der Waals surface area (Å²) in [7, 11) is 0. The largest absolute Gasteiger partial charge is 0.357 e. The molecule has 218 valence electrons. The first-order valence-electron chi connectivity index (χ1n) is 14.8. The van der Waals surface area contributed by atoms with E-state index in [-0.39, 0.29) is 23.7 Å². The molecule has 2 aliphatic heterocycles. The minimum atomic E-state index is -0.524. The van der Waals surface area contributed by atoms with Crippen molar-refractivity contribution in [2.75, 3.05) is 29.9 Å². The first-order valence-corrected chi connectivity index (χ1v) is 15.6. The number of carbonyl (C=O) groups excluding carboxylic acids is 2. The van der Waals surface area contributed by atoms with Gasteiger partial charge in [0.25, 0.3) is 0 Å². The Balaban J connectivity index is 1.34. The highest BCUT2D eigenvalue weighted by molar-refractivity contribution is 6.35. The van der Waals surface area contributed by atoms with Crippen LogP contribution in [0.15, 0.2) is 84.1 Å². The molecule has 5 nitrogen and oxygen atoms in total. The highest BCUT2D eigenvalue weighted by atomic mass is 35.5. The van der Waals surface area contributed by atoms with Crippen LogP contribution in [-0.2, 0) is 16.0 Å². The lowest BCUT2D eigenvalue weighted by molar-refractivity contribution is -0.131. The van der Waals surface area contributed by atoms with Crippen LogP contribution in [0.5, 0.6) is 0 Å². The normalized spacial score (nSPS) is 20.5. The van der Waals surface area contributed by atoms with Gasteiger partial charge in [-0.2, -0.15) is 0 Å². The number of piperidine rings is 1. The average Bonchev–Trinajstić information content (AvgIpc) is 3.08. The SMILES string of the molecule is CC1(C)CC(=O)C2=C(C1)Nc1ccccc1N(CC(=O)N1CCC(Cc3ccccc3)CC1)C2c1ccc(Cl)cc1Cl.